The third kappa shape index (κ3) is 3.21. The van der Waals surface area contributed by atoms with Crippen LogP contribution in [0.15, 0.2) is 33.9 Å². The molecule has 0 spiro atoms. The summed E-state index contributed by atoms with van der Waals surface area (Å²) in [6, 6.07) is 8.09. The fraction of sp³-hybridized carbons (Fsp3) is 0.417. The van der Waals surface area contributed by atoms with Crippen LogP contribution < -0.4 is 5.32 Å². The Morgan fingerprint density at radius 1 is 1.47 bits per heavy atom. The van der Waals surface area contributed by atoms with Crippen LogP contribution in [0.5, 0.6) is 0 Å². The van der Waals surface area contributed by atoms with E-state index >= 15 is 0 Å². The molecule has 0 aliphatic rings. The molecule has 0 amide bonds. The van der Waals surface area contributed by atoms with E-state index < -0.39 is 0 Å². The molecule has 0 saturated carbocycles. The molecule has 1 heterocycles. The van der Waals surface area contributed by atoms with Gasteiger partial charge >= 0.3 is 0 Å². The van der Waals surface area contributed by atoms with Crippen LogP contribution in [-0.2, 0) is 4.74 Å². The van der Waals surface area contributed by atoms with Crippen molar-refractivity contribution in [2.45, 2.75) is 11.3 Å². The maximum atomic E-state index is 5.62. The Morgan fingerprint density at radius 2 is 2.29 bits per heavy atom. The van der Waals surface area contributed by atoms with Gasteiger partial charge in [0.1, 0.15) is 5.52 Å². The molecule has 0 fully saturated rings. The zero-order valence-corrected chi connectivity index (χ0v) is 10.8. The fourth-order valence-electron chi connectivity index (χ4n) is 1.50. The van der Waals surface area contributed by atoms with Gasteiger partial charge in [-0.3, -0.25) is 0 Å². The van der Waals surface area contributed by atoms with Crippen LogP contribution in [0.4, 0.5) is 0 Å². The van der Waals surface area contributed by atoms with Crippen LogP contribution in [0.2, 0.25) is 0 Å². The molecule has 0 bridgehead atoms. The van der Waals surface area contributed by atoms with Gasteiger partial charge in [0, 0.05) is 18.9 Å². The van der Waals surface area contributed by atoms with Crippen LogP contribution in [0.25, 0.3) is 11.1 Å². The van der Waals surface area contributed by atoms with Gasteiger partial charge in [-0.25, -0.2) is 4.98 Å². The number of para-hydroxylation sites is 2. The third-order valence-electron chi connectivity index (χ3n) is 2.46. The van der Waals surface area contributed by atoms with Crippen molar-refractivity contribution in [1.82, 2.24) is 10.3 Å². The molecular formula is C12H16N2O2S. The van der Waals surface area contributed by atoms with Gasteiger partial charge < -0.3 is 14.5 Å². The van der Waals surface area contributed by atoms with Gasteiger partial charge in [0.25, 0.3) is 5.22 Å². The molecule has 1 atom stereocenters. The number of likely N-dealkylation sites (N-methyl/N-ethyl adjacent to an activating group) is 1. The summed E-state index contributed by atoms with van der Waals surface area (Å²) in [4.78, 5) is 4.41. The third-order valence-corrected chi connectivity index (χ3v) is 3.45. The van der Waals surface area contributed by atoms with Crippen molar-refractivity contribution in [1.29, 1.82) is 0 Å². The van der Waals surface area contributed by atoms with Gasteiger partial charge in [-0.2, -0.15) is 0 Å². The minimum absolute atomic E-state index is 0.306. The molecule has 0 aliphatic carbocycles. The lowest BCUT2D eigenvalue weighted by Crippen LogP contribution is -2.32. The monoisotopic (exact) mass is 252 g/mol. The topological polar surface area (TPSA) is 47.3 Å². The lowest BCUT2D eigenvalue weighted by Gasteiger charge is -2.12. The Hall–Kier alpha value is -1.04. The molecule has 4 nitrogen and oxygen atoms in total. The van der Waals surface area contributed by atoms with E-state index in [1.165, 1.54) is 0 Å². The van der Waals surface area contributed by atoms with E-state index in [1.807, 2.05) is 31.3 Å². The number of aromatic nitrogens is 1. The van der Waals surface area contributed by atoms with Gasteiger partial charge in [-0.1, -0.05) is 23.9 Å². The number of methoxy groups -OCH3 is 1. The van der Waals surface area contributed by atoms with Crippen molar-refractivity contribution in [2.75, 3.05) is 26.5 Å². The van der Waals surface area contributed by atoms with E-state index in [0.29, 0.717) is 17.9 Å². The standard InChI is InChI=1S/C12H16N2O2S/c1-13-9(7-15-2)8-17-12-14-10-5-3-4-6-11(10)16-12/h3-6,9,13H,7-8H2,1-2H3. The van der Waals surface area contributed by atoms with Crippen molar-refractivity contribution in [3.63, 3.8) is 0 Å². The molecule has 0 saturated heterocycles. The number of nitrogens with zero attached hydrogens (tertiary/aromatic N) is 1. The van der Waals surface area contributed by atoms with Crippen LogP contribution in [0, 0.1) is 0 Å². The van der Waals surface area contributed by atoms with E-state index in [0.717, 1.165) is 16.9 Å². The Labute approximate surface area is 105 Å². The SMILES string of the molecule is CNC(COC)CSc1nc2ccccc2o1. The first kappa shape index (κ1) is 12.4. The number of hydrogen-bond donors (Lipinski definition) is 1. The summed E-state index contributed by atoms with van der Waals surface area (Å²) >= 11 is 1.60. The van der Waals surface area contributed by atoms with E-state index in [-0.39, 0.29) is 0 Å². The molecule has 0 aliphatic heterocycles. The maximum Gasteiger partial charge on any atom is 0.256 e. The van der Waals surface area contributed by atoms with Crippen molar-refractivity contribution in [3.05, 3.63) is 24.3 Å². The first-order valence-corrected chi connectivity index (χ1v) is 6.46. The Kier molecular flexibility index (Phi) is 4.42. The van der Waals surface area contributed by atoms with Gasteiger partial charge in [0.2, 0.25) is 0 Å². The molecule has 1 N–H and O–H groups in total. The molecule has 2 rings (SSSR count). The average molecular weight is 252 g/mol. The highest BCUT2D eigenvalue weighted by molar-refractivity contribution is 7.99. The number of ether oxygens (including phenoxy) is 1. The first-order valence-electron chi connectivity index (χ1n) is 5.48. The summed E-state index contributed by atoms with van der Waals surface area (Å²) in [7, 11) is 3.63. The summed E-state index contributed by atoms with van der Waals surface area (Å²) in [5.41, 5.74) is 1.74. The lowest BCUT2D eigenvalue weighted by molar-refractivity contribution is 0.177. The number of fused-ring (bicyclic) bond motifs is 1. The predicted octanol–water partition coefficient (Wildman–Crippen LogP) is 2.15. The van der Waals surface area contributed by atoms with E-state index in [9.17, 15) is 0 Å². The van der Waals surface area contributed by atoms with Crippen molar-refractivity contribution < 1.29 is 9.15 Å². The van der Waals surface area contributed by atoms with Gasteiger partial charge in [-0.05, 0) is 19.2 Å². The van der Waals surface area contributed by atoms with Crippen LogP contribution in [0.3, 0.4) is 0 Å². The average Bonchev–Trinajstić information content (AvgIpc) is 2.77. The summed E-state index contributed by atoms with van der Waals surface area (Å²) in [5, 5.41) is 3.90. The largest absolute Gasteiger partial charge is 0.431 e. The second-order valence-electron chi connectivity index (χ2n) is 3.70. The van der Waals surface area contributed by atoms with Gasteiger partial charge in [-0.15, -0.1) is 0 Å². The highest BCUT2D eigenvalue weighted by atomic mass is 32.2. The smallest absolute Gasteiger partial charge is 0.256 e. The van der Waals surface area contributed by atoms with Crippen molar-refractivity contribution in [3.8, 4) is 0 Å². The predicted molar refractivity (Wildman–Crippen MR) is 69.5 cm³/mol. The normalized spacial score (nSPS) is 13.1. The Balaban J connectivity index is 1.98. The molecule has 1 aromatic heterocycles. The maximum absolute atomic E-state index is 5.62. The number of thioether (sulfide) groups is 1. The Bertz CT molecular complexity index is 439. The van der Waals surface area contributed by atoms with Crippen LogP contribution >= 0.6 is 11.8 Å². The molecule has 0 radical (unpaired) electrons. The molecule has 2 aromatic rings. The zero-order chi connectivity index (χ0) is 12.1. The highest BCUT2D eigenvalue weighted by Crippen LogP contribution is 2.23. The summed E-state index contributed by atoms with van der Waals surface area (Å²) in [6.45, 7) is 0.684. The minimum Gasteiger partial charge on any atom is -0.431 e. The van der Waals surface area contributed by atoms with E-state index in [2.05, 4.69) is 10.3 Å². The highest BCUT2D eigenvalue weighted by Gasteiger charge is 2.10. The molecule has 1 unspecified atom stereocenters. The summed E-state index contributed by atoms with van der Waals surface area (Å²) in [5.74, 6) is 0.872. The Morgan fingerprint density at radius 3 is 3.00 bits per heavy atom. The first-order chi connectivity index (χ1) is 8.33. The summed E-state index contributed by atoms with van der Waals surface area (Å²) < 4.78 is 10.7. The van der Waals surface area contributed by atoms with Crippen molar-refractivity contribution in [2.24, 2.45) is 0 Å². The van der Waals surface area contributed by atoms with E-state index in [1.54, 1.807) is 18.9 Å². The molecule has 17 heavy (non-hydrogen) atoms. The molecule has 5 heteroatoms. The van der Waals surface area contributed by atoms with Crippen LogP contribution in [-0.4, -0.2) is 37.5 Å². The number of oxazole rings is 1. The quantitative estimate of drug-likeness (QED) is 0.798. The number of hydrogen-bond acceptors (Lipinski definition) is 5. The fourth-order valence-corrected chi connectivity index (χ4v) is 2.42. The lowest BCUT2D eigenvalue weighted by atomic mass is 10.3. The number of benzene rings is 1. The van der Waals surface area contributed by atoms with E-state index in [4.69, 9.17) is 9.15 Å². The summed E-state index contributed by atoms with van der Waals surface area (Å²) in [6.07, 6.45) is 0. The van der Waals surface area contributed by atoms with Gasteiger partial charge in [0.15, 0.2) is 5.58 Å². The molecular weight excluding hydrogens is 236 g/mol. The molecule has 1 aromatic carbocycles. The minimum atomic E-state index is 0.306. The van der Waals surface area contributed by atoms with Crippen molar-refractivity contribution >= 4 is 22.9 Å². The number of nitrogens with one attached hydrogen (secondary N) is 1. The molecule has 92 valence electrons. The van der Waals surface area contributed by atoms with Crippen LogP contribution in [0.1, 0.15) is 0 Å². The zero-order valence-electron chi connectivity index (χ0n) is 9.97. The second-order valence-corrected chi connectivity index (χ2v) is 4.67. The van der Waals surface area contributed by atoms with Gasteiger partial charge in [0.05, 0.1) is 6.61 Å². The second kappa shape index (κ2) is 6.05. The number of rotatable bonds is 6.